The molecule has 0 bridgehead atoms. The smallest absolute Gasteiger partial charge is 0.256 e. The number of carbonyl (C=O) groups is 1. The van der Waals surface area contributed by atoms with Crippen molar-refractivity contribution in [1.82, 2.24) is 0 Å². The summed E-state index contributed by atoms with van der Waals surface area (Å²) in [5, 5.41) is 3.07. The molecule has 4 rings (SSSR count). The fourth-order valence-corrected chi connectivity index (χ4v) is 3.53. The Labute approximate surface area is 177 Å². The molecule has 30 heavy (non-hydrogen) atoms. The fraction of sp³-hybridized carbons (Fsp3) is 0.231. The van der Waals surface area contributed by atoms with Crippen molar-refractivity contribution in [3.63, 3.8) is 0 Å². The van der Waals surface area contributed by atoms with Crippen LogP contribution < -0.4 is 5.32 Å². The van der Waals surface area contributed by atoms with E-state index in [1.165, 1.54) is 5.56 Å². The van der Waals surface area contributed by atoms with Gasteiger partial charge in [-0.1, -0.05) is 69.3 Å². The fourth-order valence-electron chi connectivity index (χ4n) is 3.53. The molecular formula is C26H26N2O2. The first-order valence-electron chi connectivity index (χ1n) is 10.2. The Morgan fingerprint density at radius 2 is 1.67 bits per heavy atom. The number of ether oxygens (including phenoxy) is 1. The van der Waals surface area contributed by atoms with Gasteiger partial charge in [0.25, 0.3) is 5.91 Å². The first-order valence-corrected chi connectivity index (χ1v) is 10.2. The Morgan fingerprint density at radius 3 is 2.37 bits per heavy atom. The van der Waals surface area contributed by atoms with Crippen LogP contribution in [0.2, 0.25) is 0 Å². The number of carbonyl (C=O) groups excluding carboxylic acids is 1. The zero-order valence-electron chi connectivity index (χ0n) is 17.6. The van der Waals surface area contributed by atoms with Crippen LogP contribution in [-0.4, -0.2) is 25.0 Å². The Hall–Kier alpha value is -3.40. The molecule has 1 aliphatic heterocycles. The number of para-hydroxylation sites is 1. The number of hydrogen-bond acceptors (Lipinski definition) is 3. The SMILES string of the molecule is CC(C)(C)c1ccc(C(=O)Nc2ccccc2C2=NCCO2)c(-c2ccccc2)c1. The zero-order valence-corrected chi connectivity index (χ0v) is 17.6. The average molecular weight is 399 g/mol. The highest BCUT2D eigenvalue weighted by Gasteiger charge is 2.21. The number of nitrogens with zero attached hydrogens (tertiary/aromatic N) is 1. The third-order valence-electron chi connectivity index (χ3n) is 5.21. The van der Waals surface area contributed by atoms with E-state index in [4.69, 9.17) is 4.74 Å². The van der Waals surface area contributed by atoms with E-state index in [-0.39, 0.29) is 11.3 Å². The Balaban J connectivity index is 1.73. The summed E-state index contributed by atoms with van der Waals surface area (Å²) in [7, 11) is 0. The van der Waals surface area contributed by atoms with Crippen molar-refractivity contribution in [3.05, 3.63) is 89.5 Å². The number of amides is 1. The Kier molecular flexibility index (Phi) is 5.40. The molecule has 0 aliphatic carbocycles. The highest BCUT2D eigenvalue weighted by molar-refractivity contribution is 6.12. The molecule has 3 aromatic carbocycles. The van der Waals surface area contributed by atoms with Gasteiger partial charge in [0, 0.05) is 5.56 Å². The first-order chi connectivity index (χ1) is 14.4. The second kappa shape index (κ2) is 8.15. The van der Waals surface area contributed by atoms with E-state index in [2.05, 4.69) is 37.1 Å². The Bertz CT molecular complexity index is 1100. The maximum absolute atomic E-state index is 13.3. The number of aliphatic imine (C=N–C) groups is 1. The average Bonchev–Trinajstić information content (AvgIpc) is 3.28. The maximum Gasteiger partial charge on any atom is 0.256 e. The molecule has 1 heterocycles. The lowest BCUT2D eigenvalue weighted by Gasteiger charge is -2.21. The summed E-state index contributed by atoms with van der Waals surface area (Å²) in [5.41, 5.74) is 5.25. The van der Waals surface area contributed by atoms with E-state index in [0.717, 1.165) is 16.7 Å². The molecule has 1 aliphatic rings. The molecule has 3 aromatic rings. The van der Waals surface area contributed by atoms with Crippen molar-refractivity contribution in [3.8, 4) is 11.1 Å². The van der Waals surface area contributed by atoms with Crippen molar-refractivity contribution < 1.29 is 9.53 Å². The first kappa shape index (κ1) is 19.9. The summed E-state index contributed by atoms with van der Waals surface area (Å²) < 4.78 is 5.61. The maximum atomic E-state index is 13.3. The number of anilines is 1. The van der Waals surface area contributed by atoms with E-state index in [1.54, 1.807) is 0 Å². The summed E-state index contributed by atoms with van der Waals surface area (Å²) in [6.07, 6.45) is 0. The van der Waals surface area contributed by atoms with Crippen molar-refractivity contribution in [2.45, 2.75) is 26.2 Å². The lowest BCUT2D eigenvalue weighted by molar-refractivity contribution is 0.102. The molecule has 1 N–H and O–H groups in total. The van der Waals surface area contributed by atoms with Gasteiger partial charge in [-0.25, -0.2) is 4.99 Å². The molecule has 152 valence electrons. The van der Waals surface area contributed by atoms with Crippen molar-refractivity contribution in [2.24, 2.45) is 4.99 Å². The highest BCUT2D eigenvalue weighted by atomic mass is 16.5. The summed E-state index contributed by atoms with van der Waals surface area (Å²) >= 11 is 0. The molecule has 0 atom stereocenters. The van der Waals surface area contributed by atoms with Gasteiger partial charge in [-0.15, -0.1) is 0 Å². The predicted octanol–water partition coefficient (Wildman–Crippen LogP) is 5.68. The van der Waals surface area contributed by atoms with Gasteiger partial charge in [-0.3, -0.25) is 4.79 Å². The highest BCUT2D eigenvalue weighted by Crippen LogP contribution is 2.31. The zero-order chi connectivity index (χ0) is 21.1. The summed E-state index contributed by atoms with van der Waals surface area (Å²) in [4.78, 5) is 17.7. The van der Waals surface area contributed by atoms with Gasteiger partial charge < -0.3 is 10.1 Å². The van der Waals surface area contributed by atoms with Crippen LogP contribution in [0.5, 0.6) is 0 Å². The molecule has 0 radical (unpaired) electrons. The summed E-state index contributed by atoms with van der Waals surface area (Å²) in [6, 6.07) is 23.7. The van der Waals surface area contributed by atoms with Gasteiger partial charge in [-0.05, 0) is 46.4 Å². The standard InChI is InChI=1S/C26H26N2O2/c1-26(2,3)19-13-14-20(22(17-19)18-9-5-4-6-10-18)24(29)28-23-12-8-7-11-21(23)25-27-15-16-30-25/h4-14,17H,15-16H2,1-3H3,(H,28,29). The van der Waals surface area contributed by atoms with Crippen LogP contribution in [0.4, 0.5) is 5.69 Å². The van der Waals surface area contributed by atoms with Gasteiger partial charge >= 0.3 is 0 Å². The number of benzene rings is 3. The van der Waals surface area contributed by atoms with E-state index < -0.39 is 0 Å². The normalized spacial score (nSPS) is 13.5. The molecule has 0 spiro atoms. The van der Waals surface area contributed by atoms with Crippen LogP contribution in [0.25, 0.3) is 11.1 Å². The van der Waals surface area contributed by atoms with Gasteiger partial charge in [0.05, 0.1) is 17.8 Å². The van der Waals surface area contributed by atoms with Crippen molar-refractivity contribution >= 4 is 17.5 Å². The van der Waals surface area contributed by atoms with E-state index in [1.807, 2.05) is 66.7 Å². The second-order valence-corrected chi connectivity index (χ2v) is 8.41. The minimum Gasteiger partial charge on any atom is -0.475 e. The molecule has 0 unspecified atom stereocenters. The quantitative estimate of drug-likeness (QED) is 0.615. The molecule has 0 saturated heterocycles. The van der Waals surface area contributed by atoms with Crippen LogP contribution in [0.3, 0.4) is 0 Å². The molecule has 1 amide bonds. The topological polar surface area (TPSA) is 50.7 Å². The molecule has 0 aromatic heterocycles. The second-order valence-electron chi connectivity index (χ2n) is 8.41. The van der Waals surface area contributed by atoms with Crippen molar-refractivity contribution in [1.29, 1.82) is 0 Å². The van der Waals surface area contributed by atoms with Crippen LogP contribution in [0.1, 0.15) is 42.3 Å². The van der Waals surface area contributed by atoms with Gasteiger partial charge in [0.1, 0.15) is 6.61 Å². The van der Waals surface area contributed by atoms with E-state index in [9.17, 15) is 4.79 Å². The van der Waals surface area contributed by atoms with E-state index in [0.29, 0.717) is 30.3 Å². The number of rotatable bonds is 4. The predicted molar refractivity (Wildman–Crippen MR) is 122 cm³/mol. The van der Waals surface area contributed by atoms with Crippen LogP contribution >= 0.6 is 0 Å². The third-order valence-corrected chi connectivity index (χ3v) is 5.21. The minimum atomic E-state index is -0.152. The summed E-state index contributed by atoms with van der Waals surface area (Å²) in [6.45, 7) is 7.74. The summed E-state index contributed by atoms with van der Waals surface area (Å²) in [5.74, 6) is 0.428. The third kappa shape index (κ3) is 4.13. The minimum absolute atomic E-state index is 0.0108. The van der Waals surface area contributed by atoms with Crippen LogP contribution in [-0.2, 0) is 10.2 Å². The molecule has 4 nitrogen and oxygen atoms in total. The van der Waals surface area contributed by atoms with Gasteiger partial charge in [0.15, 0.2) is 0 Å². The van der Waals surface area contributed by atoms with Crippen LogP contribution in [0, 0.1) is 0 Å². The largest absolute Gasteiger partial charge is 0.475 e. The lowest BCUT2D eigenvalue weighted by Crippen LogP contribution is -2.17. The molecular weight excluding hydrogens is 372 g/mol. The molecule has 0 fully saturated rings. The molecule has 0 saturated carbocycles. The lowest BCUT2D eigenvalue weighted by atomic mass is 9.84. The van der Waals surface area contributed by atoms with Crippen molar-refractivity contribution in [2.75, 3.05) is 18.5 Å². The monoisotopic (exact) mass is 398 g/mol. The number of hydrogen-bond donors (Lipinski definition) is 1. The van der Waals surface area contributed by atoms with Gasteiger partial charge in [0.2, 0.25) is 5.90 Å². The molecule has 4 heteroatoms. The van der Waals surface area contributed by atoms with E-state index >= 15 is 0 Å². The Morgan fingerprint density at radius 1 is 0.933 bits per heavy atom. The number of nitrogens with one attached hydrogen (secondary N) is 1. The van der Waals surface area contributed by atoms with Gasteiger partial charge in [-0.2, -0.15) is 0 Å². The van der Waals surface area contributed by atoms with Crippen LogP contribution in [0.15, 0.2) is 77.8 Å².